The molecule has 0 bridgehead atoms. The molecule has 2 N–H and O–H groups in total. The van der Waals surface area contributed by atoms with Gasteiger partial charge in [0.2, 0.25) is 5.91 Å². The van der Waals surface area contributed by atoms with Gasteiger partial charge in [-0.3, -0.25) is 4.79 Å². The number of hydrogen-bond acceptors (Lipinski definition) is 2. The van der Waals surface area contributed by atoms with Crippen molar-refractivity contribution < 1.29 is 4.79 Å². The van der Waals surface area contributed by atoms with Crippen LogP contribution in [0.1, 0.15) is 30.9 Å². The van der Waals surface area contributed by atoms with Gasteiger partial charge in [-0.05, 0) is 43.2 Å². The van der Waals surface area contributed by atoms with Crippen molar-refractivity contribution in [2.24, 2.45) is 0 Å². The van der Waals surface area contributed by atoms with Crippen molar-refractivity contribution in [2.45, 2.75) is 33.2 Å². The molecule has 0 unspecified atom stereocenters. The van der Waals surface area contributed by atoms with E-state index < -0.39 is 0 Å². The highest BCUT2D eigenvalue weighted by molar-refractivity contribution is 5.90. The minimum atomic E-state index is 0.0675. The van der Waals surface area contributed by atoms with E-state index in [2.05, 4.69) is 41.8 Å². The third-order valence-corrected chi connectivity index (χ3v) is 3.26. The van der Waals surface area contributed by atoms with Gasteiger partial charge in [-0.1, -0.05) is 36.8 Å². The predicted octanol–water partition coefficient (Wildman–Crippen LogP) is 4.35. The molecule has 2 aromatic rings. The van der Waals surface area contributed by atoms with Crippen LogP contribution in [0.25, 0.3) is 0 Å². The van der Waals surface area contributed by atoms with E-state index in [4.69, 9.17) is 0 Å². The van der Waals surface area contributed by atoms with Crippen LogP contribution in [-0.4, -0.2) is 5.91 Å². The number of carbonyl (C=O) groups is 1. The maximum absolute atomic E-state index is 11.5. The van der Waals surface area contributed by atoms with Crippen molar-refractivity contribution in [3.63, 3.8) is 0 Å². The van der Waals surface area contributed by atoms with Gasteiger partial charge in [0, 0.05) is 24.3 Å². The Bertz CT molecular complexity index is 573. The summed E-state index contributed by atoms with van der Waals surface area (Å²) in [6.45, 7) is 4.88. The summed E-state index contributed by atoms with van der Waals surface area (Å²) < 4.78 is 0. The standard InChI is InChI=1S/C18H22N2O/c1-3-4-18(21)20-17-11-9-16(10-12-17)19-13-15-7-5-14(2)6-8-15/h5-12,19H,3-4,13H2,1-2H3,(H,20,21). The fraction of sp³-hybridized carbons (Fsp3) is 0.278. The van der Waals surface area contributed by atoms with E-state index in [0.29, 0.717) is 6.42 Å². The molecule has 0 saturated carbocycles. The van der Waals surface area contributed by atoms with E-state index in [1.165, 1.54) is 11.1 Å². The molecule has 3 heteroatoms. The normalized spacial score (nSPS) is 10.2. The van der Waals surface area contributed by atoms with Crippen molar-refractivity contribution in [3.8, 4) is 0 Å². The van der Waals surface area contributed by atoms with Gasteiger partial charge in [0.15, 0.2) is 0 Å². The zero-order valence-corrected chi connectivity index (χ0v) is 12.6. The Balaban J connectivity index is 1.87. The lowest BCUT2D eigenvalue weighted by atomic mass is 10.1. The first-order valence-electron chi connectivity index (χ1n) is 7.36. The molecule has 0 aliphatic carbocycles. The van der Waals surface area contributed by atoms with Gasteiger partial charge in [-0.2, -0.15) is 0 Å². The summed E-state index contributed by atoms with van der Waals surface area (Å²) in [6.07, 6.45) is 1.43. The molecule has 3 nitrogen and oxygen atoms in total. The molecule has 0 aromatic heterocycles. The van der Waals surface area contributed by atoms with Crippen LogP contribution in [0.15, 0.2) is 48.5 Å². The Morgan fingerprint density at radius 3 is 2.19 bits per heavy atom. The van der Waals surface area contributed by atoms with E-state index in [-0.39, 0.29) is 5.91 Å². The molecule has 0 aliphatic heterocycles. The van der Waals surface area contributed by atoms with Gasteiger partial charge >= 0.3 is 0 Å². The van der Waals surface area contributed by atoms with Gasteiger partial charge in [0.05, 0.1) is 0 Å². The molecule has 0 saturated heterocycles. The second-order valence-electron chi connectivity index (χ2n) is 5.21. The first-order valence-corrected chi connectivity index (χ1v) is 7.36. The maximum Gasteiger partial charge on any atom is 0.224 e. The zero-order valence-electron chi connectivity index (χ0n) is 12.6. The monoisotopic (exact) mass is 282 g/mol. The van der Waals surface area contributed by atoms with E-state index in [1.807, 2.05) is 31.2 Å². The Hall–Kier alpha value is -2.29. The number of benzene rings is 2. The third kappa shape index (κ3) is 4.95. The van der Waals surface area contributed by atoms with Gasteiger partial charge in [0.25, 0.3) is 0 Å². The van der Waals surface area contributed by atoms with Crippen LogP contribution in [0.5, 0.6) is 0 Å². The summed E-state index contributed by atoms with van der Waals surface area (Å²) in [5, 5.41) is 6.26. The molecule has 0 atom stereocenters. The van der Waals surface area contributed by atoms with Crippen LogP contribution in [0, 0.1) is 6.92 Å². The molecular formula is C18H22N2O. The highest BCUT2D eigenvalue weighted by Crippen LogP contribution is 2.15. The molecule has 2 aromatic carbocycles. The minimum Gasteiger partial charge on any atom is -0.381 e. The third-order valence-electron chi connectivity index (χ3n) is 3.26. The van der Waals surface area contributed by atoms with E-state index in [9.17, 15) is 4.79 Å². The van der Waals surface area contributed by atoms with Crippen molar-refractivity contribution in [3.05, 3.63) is 59.7 Å². The molecule has 2 rings (SSSR count). The van der Waals surface area contributed by atoms with Crippen LogP contribution < -0.4 is 10.6 Å². The number of rotatable bonds is 6. The Morgan fingerprint density at radius 1 is 0.952 bits per heavy atom. The van der Waals surface area contributed by atoms with Gasteiger partial charge < -0.3 is 10.6 Å². The molecule has 0 fully saturated rings. The summed E-state index contributed by atoms with van der Waals surface area (Å²) in [7, 11) is 0. The lowest BCUT2D eigenvalue weighted by molar-refractivity contribution is -0.116. The molecule has 1 amide bonds. The summed E-state index contributed by atoms with van der Waals surface area (Å²) in [6, 6.07) is 16.3. The Morgan fingerprint density at radius 2 is 1.57 bits per heavy atom. The topological polar surface area (TPSA) is 41.1 Å². The Labute approximate surface area is 126 Å². The minimum absolute atomic E-state index is 0.0675. The number of amides is 1. The molecule has 110 valence electrons. The summed E-state index contributed by atoms with van der Waals surface area (Å²) in [5.74, 6) is 0.0675. The number of aryl methyl sites for hydroxylation is 1. The predicted molar refractivity (Wildman–Crippen MR) is 88.5 cm³/mol. The Kier molecular flexibility index (Phi) is 5.38. The quantitative estimate of drug-likeness (QED) is 0.827. The van der Waals surface area contributed by atoms with Crippen molar-refractivity contribution in [2.75, 3.05) is 10.6 Å². The van der Waals surface area contributed by atoms with E-state index >= 15 is 0 Å². The smallest absolute Gasteiger partial charge is 0.224 e. The maximum atomic E-state index is 11.5. The fourth-order valence-electron chi connectivity index (χ4n) is 2.03. The molecule has 21 heavy (non-hydrogen) atoms. The summed E-state index contributed by atoms with van der Waals surface area (Å²) >= 11 is 0. The van der Waals surface area contributed by atoms with Crippen molar-refractivity contribution >= 4 is 17.3 Å². The van der Waals surface area contributed by atoms with Crippen LogP contribution in [-0.2, 0) is 11.3 Å². The van der Waals surface area contributed by atoms with Crippen molar-refractivity contribution in [1.82, 2.24) is 0 Å². The number of nitrogens with one attached hydrogen (secondary N) is 2. The van der Waals surface area contributed by atoms with E-state index in [0.717, 1.165) is 24.3 Å². The lowest BCUT2D eigenvalue weighted by Gasteiger charge is -2.09. The van der Waals surface area contributed by atoms with Crippen LogP contribution >= 0.6 is 0 Å². The summed E-state index contributed by atoms with van der Waals surface area (Å²) in [4.78, 5) is 11.5. The first kappa shape index (κ1) is 15.1. The highest BCUT2D eigenvalue weighted by Gasteiger charge is 2.00. The van der Waals surface area contributed by atoms with E-state index in [1.54, 1.807) is 0 Å². The second kappa shape index (κ2) is 7.48. The molecule has 0 aliphatic rings. The largest absolute Gasteiger partial charge is 0.381 e. The number of carbonyl (C=O) groups excluding carboxylic acids is 1. The number of anilines is 2. The molecule has 0 heterocycles. The van der Waals surface area contributed by atoms with Gasteiger partial charge in [-0.15, -0.1) is 0 Å². The second-order valence-corrected chi connectivity index (χ2v) is 5.21. The summed E-state index contributed by atoms with van der Waals surface area (Å²) in [5.41, 5.74) is 4.41. The average molecular weight is 282 g/mol. The van der Waals surface area contributed by atoms with Gasteiger partial charge in [-0.25, -0.2) is 0 Å². The average Bonchev–Trinajstić information content (AvgIpc) is 2.48. The SMILES string of the molecule is CCCC(=O)Nc1ccc(NCc2ccc(C)cc2)cc1. The zero-order chi connectivity index (χ0) is 15.1. The lowest BCUT2D eigenvalue weighted by Crippen LogP contribution is -2.10. The van der Waals surface area contributed by atoms with Crippen LogP contribution in [0.2, 0.25) is 0 Å². The number of hydrogen-bond donors (Lipinski definition) is 2. The molecule has 0 radical (unpaired) electrons. The fourth-order valence-corrected chi connectivity index (χ4v) is 2.03. The van der Waals surface area contributed by atoms with Crippen LogP contribution in [0.4, 0.5) is 11.4 Å². The van der Waals surface area contributed by atoms with Crippen LogP contribution in [0.3, 0.4) is 0 Å². The molecular weight excluding hydrogens is 260 g/mol. The van der Waals surface area contributed by atoms with Gasteiger partial charge in [0.1, 0.15) is 0 Å². The molecule has 0 spiro atoms. The van der Waals surface area contributed by atoms with Crippen molar-refractivity contribution in [1.29, 1.82) is 0 Å². The first-order chi connectivity index (χ1) is 10.2. The highest BCUT2D eigenvalue weighted by atomic mass is 16.1.